The maximum Gasteiger partial charge on any atom is 0.262 e. The van der Waals surface area contributed by atoms with Crippen LogP contribution in [0, 0.1) is 0 Å². The average molecular weight is 424 g/mol. The minimum absolute atomic E-state index is 0.103. The van der Waals surface area contributed by atoms with Crippen molar-refractivity contribution in [2.75, 3.05) is 32.1 Å². The van der Waals surface area contributed by atoms with Crippen molar-refractivity contribution >= 4 is 40.2 Å². The smallest absolute Gasteiger partial charge is 0.262 e. The summed E-state index contributed by atoms with van der Waals surface area (Å²) in [6, 6.07) is 5.10. The van der Waals surface area contributed by atoms with Crippen LogP contribution in [0.5, 0.6) is 0 Å². The lowest BCUT2D eigenvalue weighted by Gasteiger charge is -2.26. The number of hydrogen-bond acceptors (Lipinski definition) is 5. The SMILES string of the molecule is CCOCCCn1c(SCC(=O)N2CCCCC2)nc2cc(Cl)ccc2c1=O. The van der Waals surface area contributed by atoms with Crippen LogP contribution in [0.2, 0.25) is 5.02 Å². The summed E-state index contributed by atoms with van der Waals surface area (Å²) in [6.45, 7) is 5.32. The highest BCUT2D eigenvalue weighted by Gasteiger charge is 2.19. The zero-order chi connectivity index (χ0) is 19.9. The molecule has 152 valence electrons. The van der Waals surface area contributed by atoms with E-state index < -0.39 is 0 Å². The molecule has 1 saturated heterocycles. The minimum atomic E-state index is -0.105. The number of fused-ring (bicyclic) bond motifs is 1. The predicted octanol–water partition coefficient (Wildman–Crippen LogP) is 3.58. The molecular formula is C20H26ClN3O3S. The van der Waals surface area contributed by atoms with Gasteiger partial charge in [0.25, 0.3) is 5.56 Å². The van der Waals surface area contributed by atoms with E-state index in [0.29, 0.717) is 47.3 Å². The van der Waals surface area contributed by atoms with E-state index in [-0.39, 0.29) is 17.2 Å². The molecule has 0 aliphatic carbocycles. The molecule has 0 atom stereocenters. The second kappa shape index (κ2) is 10.3. The zero-order valence-electron chi connectivity index (χ0n) is 16.2. The Morgan fingerprint density at radius 3 is 2.82 bits per heavy atom. The molecule has 0 radical (unpaired) electrons. The lowest BCUT2D eigenvalue weighted by atomic mass is 10.1. The number of benzene rings is 1. The Morgan fingerprint density at radius 1 is 1.29 bits per heavy atom. The van der Waals surface area contributed by atoms with Crippen LogP contribution in [0.3, 0.4) is 0 Å². The molecule has 1 aromatic carbocycles. The molecule has 8 heteroatoms. The quantitative estimate of drug-likeness (QED) is 0.369. The van der Waals surface area contributed by atoms with Crippen molar-refractivity contribution in [3.05, 3.63) is 33.6 Å². The lowest BCUT2D eigenvalue weighted by Crippen LogP contribution is -2.37. The average Bonchev–Trinajstić information content (AvgIpc) is 2.71. The standard InChI is InChI=1S/C20H26ClN3O3S/c1-2-27-12-6-11-24-19(26)16-8-7-15(21)13-17(16)22-20(24)28-14-18(25)23-9-4-3-5-10-23/h7-8,13H,2-6,9-12,14H2,1H3. The number of likely N-dealkylation sites (tertiary alicyclic amines) is 1. The number of amides is 1. The van der Waals surface area contributed by atoms with Gasteiger partial charge in [0.05, 0.1) is 16.7 Å². The summed E-state index contributed by atoms with van der Waals surface area (Å²) in [7, 11) is 0. The fourth-order valence-electron chi connectivity index (χ4n) is 3.31. The molecule has 1 aromatic heterocycles. The van der Waals surface area contributed by atoms with E-state index in [1.807, 2.05) is 11.8 Å². The molecule has 28 heavy (non-hydrogen) atoms. The number of thioether (sulfide) groups is 1. The van der Waals surface area contributed by atoms with Crippen LogP contribution in [0.25, 0.3) is 10.9 Å². The molecule has 0 spiro atoms. The van der Waals surface area contributed by atoms with E-state index in [0.717, 1.165) is 25.9 Å². The van der Waals surface area contributed by atoms with Crippen molar-refractivity contribution in [2.45, 2.75) is 44.3 Å². The molecule has 0 saturated carbocycles. The Labute approximate surface area is 174 Å². The maximum atomic E-state index is 13.0. The summed E-state index contributed by atoms with van der Waals surface area (Å²) in [5.74, 6) is 0.385. The third-order valence-corrected chi connectivity index (χ3v) is 5.99. The predicted molar refractivity (Wildman–Crippen MR) is 113 cm³/mol. The molecule has 0 N–H and O–H groups in total. The summed E-state index contributed by atoms with van der Waals surface area (Å²) in [4.78, 5) is 32.1. The van der Waals surface area contributed by atoms with E-state index in [9.17, 15) is 9.59 Å². The lowest BCUT2D eigenvalue weighted by molar-refractivity contribution is -0.129. The van der Waals surface area contributed by atoms with Gasteiger partial charge in [0, 0.05) is 37.9 Å². The van der Waals surface area contributed by atoms with Crippen LogP contribution >= 0.6 is 23.4 Å². The van der Waals surface area contributed by atoms with E-state index in [2.05, 4.69) is 4.98 Å². The normalized spacial score (nSPS) is 14.6. The molecular weight excluding hydrogens is 398 g/mol. The molecule has 1 fully saturated rings. The van der Waals surface area contributed by atoms with Gasteiger partial charge in [-0.3, -0.25) is 14.2 Å². The van der Waals surface area contributed by atoms with Gasteiger partial charge in [0.15, 0.2) is 5.16 Å². The number of carbonyl (C=O) groups excluding carboxylic acids is 1. The molecule has 0 bridgehead atoms. The Bertz CT molecular complexity index is 881. The van der Waals surface area contributed by atoms with Crippen LogP contribution in [0.4, 0.5) is 0 Å². The number of carbonyl (C=O) groups is 1. The summed E-state index contributed by atoms with van der Waals surface area (Å²) in [5, 5.41) is 1.63. The van der Waals surface area contributed by atoms with E-state index >= 15 is 0 Å². The van der Waals surface area contributed by atoms with Gasteiger partial charge in [-0.1, -0.05) is 23.4 Å². The highest BCUT2D eigenvalue weighted by molar-refractivity contribution is 7.99. The monoisotopic (exact) mass is 423 g/mol. The van der Waals surface area contributed by atoms with Crippen molar-refractivity contribution in [1.29, 1.82) is 0 Å². The summed E-state index contributed by atoms with van der Waals surface area (Å²) < 4.78 is 7.05. The van der Waals surface area contributed by atoms with Crippen LogP contribution < -0.4 is 5.56 Å². The first-order valence-electron chi connectivity index (χ1n) is 9.78. The third-order valence-electron chi connectivity index (χ3n) is 4.79. The molecule has 1 aliphatic heterocycles. The van der Waals surface area contributed by atoms with Gasteiger partial charge in [0.2, 0.25) is 5.91 Å². The minimum Gasteiger partial charge on any atom is -0.382 e. The topological polar surface area (TPSA) is 64.4 Å². The maximum absolute atomic E-state index is 13.0. The summed E-state index contributed by atoms with van der Waals surface area (Å²) >= 11 is 7.40. The van der Waals surface area contributed by atoms with Crippen molar-refractivity contribution in [1.82, 2.24) is 14.5 Å². The van der Waals surface area contributed by atoms with Crippen molar-refractivity contribution < 1.29 is 9.53 Å². The number of ether oxygens (including phenoxy) is 1. The fraction of sp³-hybridized carbons (Fsp3) is 0.550. The van der Waals surface area contributed by atoms with Gasteiger partial charge in [-0.15, -0.1) is 0 Å². The van der Waals surface area contributed by atoms with E-state index in [1.165, 1.54) is 18.2 Å². The van der Waals surface area contributed by atoms with E-state index in [4.69, 9.17) is 16.3 Å². The van der Waals surface area contributed by atoms with Crippen LogP contribution in [0.1, 0.15) is 32.6 Å². The Hall–Kier alpha value is -1.57. The fourth-order valence-corrected chi connectivity index (χ4v) is 4.41. The number of piperidine rings is 1. The largest absolute Gasteiger partial charge is 0.382 e. The number of rotatable bonds is 8. The summed E-state index contributed by atoms with van der Waals surface area (Å²) in [6.07, 6.45) is 4.02. The molecule has 1 amide bonds. The molecule has 1 aliphatic rings. The number of aromatic nitrogens is 2. The second-order valence-electron chi connectivity index (χ2n) is 6.79. The first-order valence-corrected chi connectivity index (χ1v) is 11.1. The Morgan fingerprint density at radius 2 is 2.07 bits per heavy atom. The molecule has 6 nitrogen and oxygen atoms in total. The molecule has 0 unspecified atom stereocenters. The number of hydrogen-bond donors (Lipinski definition) is 0. The van der Waals surface area contributed by atoms with Gasteiger partial charge in [-0.25, -0.2) is 4.98 Å². The number of nitrogens with zero attached hydrogens (tertiary/aromatic N) is 3. The third kappa shape index (κ3) is 5.27. The van der Waals surface area contributed by atoms with Gasteiger partial charge >= 0.3 is 0 Å². The molecule has 2 heterocycles. The Kier molecular flexibility index (Phi) is 7.76. The second-order valence-corrected chi connectivity index (χ2v) is 8.17. The first-order chi connectivity index (χ1) is 13.6. The van der Waals surface area contributed by atoms with Crippen LogP contribution in [-0.4, -0.2) is 52.4 Å². The molecule has 3 rings (SSSR count). The number of halogens is 1. The van der Waals surface area contributed by atoms with Gasteiger partial charge < -0.3 is 9.64 Å². The highest BCUT2D eigenvalue weighted by atomic mass is 35.5. The van der Waals surface area contributed by atoms with Crippen molar-refractivity contribution in [2.24, 2.45) is 0 Å². The Balaban J connectivity index is 1.82. The zero-order valence-corrected chi connectivity index (χ0v) is 17.7. The van der Waals surface area contributed by atoms with Crippen LogP contribution in [0.15, 0.2) is 28.2 Å². The van der Waals surface area contributed by atoms with Gasteiger partial charge in [-0.05, 0) is 50.8 Å². The van der Waals surface area contributed by atoms with Crippen LogP contribution in [-0.2, 0) is 16.1 Å². The highest BCUT2D eigenvalue weighted by Crippen LogP contribution is 2.22. The molecule has 2 aromatic rings. The first kappa shape index (κ1) is 21.1. The van der Waals surface area contributed by atoms with Crippen molar-refractivity contribution in [3.63, 3.8) is 0 Å². The summed E-state index contributed by atoms with van der Waals surface area (Å²) in [5.41, 5.74) is 0.456. The van der Waals surface area contributed by atoms with Crippen molar-refractivity contribution in [3.8, 4) is 0 Å². The van der Waals surface area contributed by atoms with Gasteiger partial charge in [-0.2, -0.15) is 0 Å². The van der Waals surface area contributed by atoms with Gasteiger partial charge in [0.1, 0.15) is 0 Å². The van der Waals surface area contributed by atoms with E-state index in [1.54, 1.807) is 22.8 Å².